The van der Waals surface area contributed by atoms with Gasteiger partial charge in [0, 0.05) is 23.7 Å². The van der Waals surface area contributed by atoms with Crippen LogP contribution in [-0.2, 0) is 5.41 Å². The van der Waals surface area contributed by atoms with Crippen LogP contribution in [0.25, 0.3) is 0 Å². The van der Waals surface area contributed by atoms with E-state index in [1.54, 1.807) is 0 Å². The van der Waals surface area contributed by atoms with Gasteiger partial charge in [-0.2, -0.15) is 0 Å². The molecule has 0 aliphatic heterocycles. The van der Waals surface area contributed by atoms with E-state index in [-0.39, 0.29) is 5.41 Å². The number of hydrogen-bond donors (Lipinski definition) is 0. The van der Waals surface area contributed by atoms with Crippen LogP contribution < -0.4 is 0 Å². The van der Waals surface area contributed by atoms with Gasteiger partial charge in [-0.25, -0.2) is 0 Å². The molecule has 0 atom stereocenters. The molecule has 1 nitrogen and oxygen atoms in total. The Kier molecular flexibility index (Phi) is 2.05. The lowest BCUT2D eigenvalue weighted by Crippen LogP contribution is -2.36. The molecule has 1 heterocycles. The van der Waals surface area contributed by atoms with Gasteiger partial charge in [0.2, 0.25) is 0 Å². The molecular formula is C10H12ClN. The molecule has 64 valence electrons. The summed E-state index contributed by atoms with van der Waals surface area (Å²) in [5.41, 5.74) is 1.57. The van der Waals surface area contributed by atoms with E-state index in [2.05, 4.69) is 11.1 Å². The summed E-state index contributed by atoms with van der Waals surface area (Å²) < 4.78 is 0. The lowest BCUT2D eigenvalue weighted by molar-refractivity contribution is 0.276. The number of pyridine rings is 1. The molecule has 0 spiro atoms. The summed E-state index contributed by atoms with van der Waals surface area (Å²) in [6.45, 7) is 0. The topological polar surface area (TPSA) is 12.9 Å². The molecule has 1 aliphatic carbocycles. The monoisotopic (exact) mass is 181 g/mol. The second kappa shape index (κ2) is 3.06. The third kappa shape index (κ3) is 1.13. The Hall–Kier alpha value is -0.560. The van der Waals surface area contributed by atoms with Gasteiger partial charge in [0.25, 0.3) is 0 Å². The standard InChI is InChI=1S/C10H12ClN/c11-8-10(4-2-5-10)9-3-1-6-12-7-9/h1,3,6-7H,2,4-5,8H2. The number of nitrogens with zero attached hydrogens (tertiary/aromatic N) is 1. The second-order valence-electron chi connectivity index (χ2n) is 3.51. The van der Waals surface area contributed by atoms with E-state index in [1.807, 2.05) is 18.5 Å². The van der Waals surface area contributed by atoms with Crippen LogP contribution in [0.1, 0.15) is 24.8 Å². The highest BCUT2D eigenvalue weighted by atomic mass is 35.5. The Labute approximate surface area is 77.8 Å². The predicted octanol–water partition coefficient (Wildman–Crippen LogP) is 2.74. The van der Waals surface area contributed by atoms with Gasteiger partial charge in [-0.1, -0.05) is 12.5 Å². The molecule has 0 radical (unpaired) electrons. The quantitative estimate of drug-likeness (QED) is 0.640. The zero-order chi connectivity index (χ0) is 8.44. The molecule has 1 aliphatic rings. The van der Waals surface area contributed by atoms with Crippen molar-refractivity contribution in [3.05, 3.63) is 30.1 Å². The van der Waals surface area contributed by atoms with Crippen LogP contribution in [0.5, 0.6) is 0 Å². The summed E-state index contributed by atoms with van der Waals surface area (Å²) in [6, 6.07) is 4.12. The van der Waals surface area contributed by atoms with E-state index in [0.717, 1.165) is 5.88 Å². The van der Waals surface area contributed by atoms with Gasteiger partial charge in [-0.15, -0.1) is 11.6 Å². The molecule has 1 aromatic heterocycles. The van der Waals surface area contributed by atoms with Gasteiger partial charge in [0.15, 0.2) is 0 Å². The first-order valence-electron chi connectivity index (χ1n) is 4.34. The van der Waals surface area contributed by atoms with Gasteiger partial charge in [-0.3, -0.25) is 4.98 Å². The summed E-state index contributed by atoms with van der Waals surface area (Å²) in [5.74, 6) is 0.735. The first-order valence-corrected chi connectivity index (χ1v) is 4.87. The first-order chi connectivity index (χ1) is 5.87. The van der Waals surface area contributed by atoms with Crippen LogP contribution in [0.2, 0.25) is 0 Å². The maximum atomic E-state index is 5.97. The fourth-order valence-corrected chi connectivity index (χ4v) is 2.20. The molecule has 0 N–H and O–H groups in total. The molecule has 0 bridgehead atoms. The van der Waals surface area contributed by atoms with Crippen molar-refractivity contribution in [2.45, 2.75) is 24.7 Å². The SMILES string of the molecule is ClCC1(c2cccnc2)CCC1. The number of aromatic nitrogens is 1. The summed E-state index contributed by atoms with van der Waals surface area (Å²) in [5, 5.41) is 0. The van der Waals surface area contributed by atoms with Crippen molar-refractivity contribution in [1.82, 2.24) is 4.98 Å². The molecule has 1 fully saturated rings. The minimum absolute atomic E-state index is 0.260. The fourth-order valence-electron chi connectivity index (χ4n) is 1.78. The van der Waals surface area contributed by atoms with E-state index >= 15 is 0 Å². The molecule has 0 saturated heterocycles. The van der Waals surface area contributed by atoms with Gasteiger partial charge in [0.1, 0.15) is 0 Å². The van der Waals surface area contributed by atoms with Crippen molar-refractivity contribution in [3.63, 3.8) is 0 Å². The average molecular weight is 182 g/mol. The highest BCUT2D eigenvalue weighted by molar-refractivity contribution is 6.18. The number of rotatable bonds is 2. The van der Waals surface area contributed by atoms with Crippen LogP contribution in [0.4, 0.5) is 0 Å². The zero-order valence-corrected chi connectivity index (χ0v) is 7.72. The molecule has 2 heteroatoms. The molecule has 1 saturated carbocycles. The predicted molar refractivity (Wildman–Crippen MR) is 50.5 cm³/mol. The maximum Gasteiger partial charge on any atom is 0.0321 e. The van der Waals surface area contributed by atoms with Crippen LogP contribution in [0.3, 0.4) is 0 Å². The Morgan fingerprint density at radius 2 is 2.33 bits per heavy atom. The normalized spacial score (nSPS) is 20.1. The van der Waals surface area contributed by atoms with Crippen molar-refractivity contribution in [3.8, 4) is 0 Å². The fraction of sp³-hybridized carbons (Fsp3) is 0.500. The van der Waals surface area contributed by atoms with Crippen LogP contribution >= 0.6 is 11.6 Å². The molecule has 12 heavy (non-hydrogen) atoms. The zero-order valence-electron chi connectivity index (χ0n) is 6.96. The van der Waals surface area contributed by atoms with Crippen molar-refractivity contribution in [1.29, 1.82) is 0 Å². The first kappa shape index (κ1) is 8.06. The number of hydrogen-bond acceptors (Lipinski definition) is 1. The molecule has 0 unspecified atom stereocenters. The smallest absolute Gasteiger partial charge is 0.0321 e. The second-order valence-corrected chi connectivity index (χ2v) is 3.78. The summed E-state index contributed by atoms with van der Waals surface area (Å²) in [4.78, 5) is 4.12. The molecule has 2 rings (SSSR count). The number of halogens is 1. The van der Waals surface area contributed by atoms with E-state index in [9.17, 15) is 0 Å². The van der Waals surface area contributed by atoms with Crippen LogP contribution in [-0.4, -0.2) is 10.9 Å². The molecule has 1 aromatic rings. The lowest BCUT2D eigenvalue weighted by Gasteiger charge is -2.40. The Bertz CT molecular complexity index is 248. The summed E-state index contributed by atoms with van der Waals surface area (Å²) >= 11 is 5.97. The molecule has 0 amide bonds. The molecular weight excluding hydrogens is 170 g/mol. The third-order valence-corrected chi connectivity index (χ3v) is 3.35. The van der Waals surface area contributed by atoms with Gasteiger partial charge in [0.05, 0.1) is 0 Å². The minimum atomic E-state index is 0.260. The van der Waals surface area contributed by atoms with E-state index < -0.39 is 0 Å². The summed E-state index contributed by atoms with van der Waals surface area (Å²) in [7, 11) is 0. The molecule has 0 aromatic carbocycles. The van der Waals surface area contributed by atoms with Crippen molar-refractivity contribution in [2.75, 3.05) is 5.88 Å². The largest absolute Gasteiger partial charge is 0.264 e. The average Bonchev–Trinajstić information content (AvgIpc) is 2.05. The van der Waals surface area contributed by atoms with Crippen molar-refractivity contribution < 1.29 is 0 Å². The third-order valence-electron chi connectivity index (χ3n) is 2.84. The minimum Gasteiger partial charge on any atom is -0.264 e. The Morgan fingerprint density at radius 3 is 2.75 bits per heavy atom. The van der Waals surface area contributed by atoms with Crippen LogP contribution in [0, 0.1) is 0 Å². The van der Waals surface area contributed by atoms with Gasteiger partial charge >= 0.3 is 0 Å². The van der Waals surface area contributed by atoms with E-state index in [1.165, 1.54) is 24.8 Å². The van der Waals surface area contributed by atoms with Gasteiger partial charge in [-0.05, 0) is 24.5 Å². The van der Waals surface area contributed by atoms with Gasteiger partial charge < -0.3 is 0 Å². The van der Waals surface area contributed by atoms with Crippen LogP contribution in [0.15, 0.2) is 24.5 Å². The van der Waals surface area contributed by atoms with Crippen molar-refractivity contribution in [2.24, 2.45) is 0 Å². The van der Waals surface area contributed by atoms with Crippen molar-refractivity contribution >= 4 is 11.6 Å². The highest BCUT2D eigenvalue weighted by Gasteiger charge is 2.37. The highest BCUT2D eigenvalue weighted by Crippen LogP contribution is 2.44. The lowest BCUT2D eigenvalue weighted by atomic mass is 9.66. The Balaban J connectivity index is 2.28. The maximum absolute atomic E-state index is 5.97. The Morgan fingerprint density at radius 1 is 1.50 bits per heavy atom. The summed E-state index contributed by atoms with van der Waals surface area (Å²) in [6.07, 6.45) is 7.51. The van der Waals surface area contributed by atoms with E-state index in [0.29, 0.717) is 0 Å². The van der Waals surface area contributed by atoms with E-state index in [4.69, 9.17) is 11.6 Å². The number of alkyl halides is 1.